The number of amides is 1. The van der Waals surface area contributed by atoms with E-state index in [1.54, 1.807) is 23.9 Å². The molecule has 2 heterocycles. The highest BCUT2D eigenvalue weighted by Gasteiger charge is 2.34. The van der Waals surface area contributed by atoms with E-state index in [4.69, 9.17) is 49.9 Å². The molecule has 4 rings (SSSR count). The van der Waals surface area contributed by atoms with Crippen LogP contribution in [0.3, 0.4) is 0 Å². The van der Waals surface area contributed by atoms with Crippen molar-refractivity contribution in [3.8, 4) is 5.69 Å². The summed E-state index contributed by atoms with van der Waals surface area (Å²) in [7, 11) is 1.63. The Balaban J connectivity index is 1.90. The Morgan fingerprint density at radius 3 is 2.32 bits per heavy atom. The van der Waals surface area contributed by atoms with Crippen molar-refractivity contribution in [1.29, 1.82) is 0 Å². The third-order valence-electron chi connectivity index (χ3n) is 6.01. The lowest BCUT2D eigenvalue weighted by atomic mass is 10.0. The number of carbonyl (C=O) groups is 1. The van der Waals surface area contributed by atoms with Crippen molar-refractivity contribution in [2.24, 2.45) is 0 Å². The van der Waals surface area contributed by atoms with Gasteiger partial charge in [0.25, 0.3) is 5.24 Å². The maximum Gasteiger partial charge on any atom is 0.281 e. The number of halogens is 3. The van der Waals surface area contributed by atoms with Gasteiger partial charge in [0, 0.05) is 18.5 Å². The summed E-state index contributed by atoms with van der Waals surface area (Å²) in [6, 6.07) is 11.6. The Morgan fingerprint density at radius 1 is 1.08 bits per heavy atom. The van der Waals surface area contributed by atoms with E-state index in [0.717, 1.165) is 5.56 Å². The van der Waals surface area contributed by atoms with Crippen LogP contribution >= 0.6 is 58.3 Å². The average Bonchev–Trinajstić information content (AvgIpc) is 3.22. The smallest absolute Gasteiger partial charge is 0.281 e. The van der Waals surface area contributed by atoms with Gasteiger partial charge in [0.15, 0.2) is 5.65 Å². The number of anilines is 1. The molecule has 12 heteroatoms. The molecule has 0 aliphatic rings. The lowest BCUT2D eigenvalue weighted by Crippen LogP contribution is -2.39. The van der Waals surface area contributed by atoms with Crippen LogP contribution in [0.5, 0.6) is 0 Å². The van der Waals surface area contributed by atoms with Crippen LogP contribution in [0.15, 0.2) is 41.4 Å². The first kappa shape index (κ1) is 28.8. The highest BCUT2D eigenvalue weighted by Crippen LogP contribution is 2.40. The second kappa shape index (κ2) is 11.9. The van der Waals surface area contributed by atoms with Crippen LogP contribution in [-0.2, 0) is 6.42 Å². The fraction of sp³-hybridized carbons (Fsp3) is 0.308. The number of nitrogens with zero attached hydrogens (tertiary/aromatic N) is 4. The molecule has 38 heavy (non-hydrogen) atoms. The Labute approximate surface area is 245 Å². The maximum atomic E-state index is 12.7. The summed E-state index contributed by atoms with van der Waals surface area (Å²) in [5, 5.41) is 13.5. The molecule has 200 valence electrons. The molecule has 0 bridgehead atoms. The number of rotatable bonds is 8. The van der Waals surface area contributed by atoms with Gasteiger partial charge < -0.3 is 10.6 Å². The van der Waals surface area contributed by atoms with Crippen LogP contribution in [0.4, 0.5) is 10.6 Å². The number of benzene rings is 2. The van der Waals surface area contributed by atoms with Gasteiger partial charge >= 0.3 is 0 Å². The van der Waals surface area contributed by atoms with Crippen LogP contribution < -0.4 is 10.6 Å². The van der Waals surface area contributed by atoms with Crippen LogP contribution in [0.25, 0.3) is 16.7 Å². The molecule has 4 aromatic rings. The van der Waals surface area contributed by atoms with Gasteiger partial charge in [0.1, 0.15) is 22.4 Å². The second-order valence-corrected chi connectivity index (χ2v) is 12.1. The van der Waals surface area contributed by atoms with Gasteiger partial charge in [-0.2, -0.15) is 5.10 Å². The zero-order valence-corrected chi connectivity index (χ0v) is 25.4. The molecule has 0 saturated carbocycles. The van der Waals surface area contributed by atoms with E-state index in [9.17, 15) is 4.79 Å². The zero-order valence-electron chi connectivity index (χ0n) is 21.5. The van der Waals surface area contributed by atoms with Crippen molar-refractivity contribution in [2.45, 2.75) is 43.5 Å². The molecule has 0 aliphatic heterocycles. The Morgan fingerprint density at radius 2 is 1.74 bits per heavy atom. The van der Waals surface area contributed by atoms with Gasteiger partial charge in [0.05, 0.1) is 20.3 Å². The number of thioether (sulfide) groups is 2. The number of hydrogen-bond donors (Lipinski definition) is 2. The third-order valence-corrected chi connectivity index (χ3v) is 8.80. The van der Waals surface area contributed by atoms with E-state index in [-0.39, 0.29) is 5.24 Å². The summed E-state index contributed by atoms with van der Waals surface area (Å²) in [6.07, 6.45) is 3.16. The first-order valence-electron chi connectivity index (χ1n) is 11.8. The van der Waals surface area contributed by atoms with Gasteiger partial charge in [-0.25, -0.2) is 14.6 Å². The van der Waals surface area contributed by atoms with E-state index in [1.165, 1.54) is 29.1 Å². The summed E-state index contributed by atoms with van der Waals surface area (Å²) in [4.78, 5) is 21.5. The Kier molecular flexibility index (Phi) is 9.04. The summed E-state index contributed by atoms with van der Waals surface area (Å²) in [5.74, 6) is 1.11. The quantitative estimate of drug-likeness (QED) is 0.155. The van der Waals surface area contributed by atoms with E-state index in [1.807, 2.05) is 13.2 Å². The second-order valence-electron chi connectivity index (χ2n) is 8.73. The number of fused-ring (bicyclic) bond motifs is 1. The first-order chi connectivity index (χ1) is 18.1. The van der Waals surface area contributed by atoms with Crippen LogP contribution in [-0.4, -0.2) is 43.2 Å². The summed E-state index contributed by atoms with van der Waals surface area (Å²) in [5.41, 5.74) is 3.30. The number of hydrogen-bond acceptors (Lipinski definition) is 7. The SMILES string of the molecule is CCC(Cc1ccc(C)cc1)(Nc1nc(C)nc2c1c(SC)nn2-c1c(Cl)cc(Cl)cc1Cl)SC(=O)NC. The van der Waals surface area contributed by atoms with Gasteiger partial charge in [0.2, 0.25) is 0 Å². The topological polar surface area (TPSA) is 84.7 Å². The van der Waals surface area contributed by atoms with Gasteiger partial charge in [-0.1, -0.05) is 71.6 Å². The minimum atomic E-state index is -0.698. The predicted octanol–water partition coefficient (Wildman–Crippen LogP) is 7.95. The van der Waals surface area contributed by atoms with Crippen molar-refractivity contribution in [1.82, 2.24) is 25.1 Å². The van der Waals surface area contributed by atoms with Gasteiger partial charge in [-0.15, -0.1) is 11.8 Å². The first-order valence-corrected chi connectivity index (χ1v) is 15.0. The van der Waals surface area contributed by atoms with E-state index >= 15 is 0 Å². The van der Waals surface area contributed by atoms with Gasteiger partial charge in [-0.3, -0.25) is 4.79 Å². The minimum Gasteiger partial charge on any atom is -0.354 e. The van der Waals surface area contributed by atoms with Crippen molar-refractivity contribution in [2.75, 3.05) is 18.6 Å². The summed E-state index contributed by atoms with van der Waals surface area (Å²) in [6.45, 7) is 5.91. The Bertz CT molecular complexity index is 1470. The molecule has 0 spiro atoms. The molecule has 2 aromatic carbocycles. The highest BCUT2D eigenvalue weighted by molar-refractivity contribution is 8.14. The molecule has 2 N–H and O–H groups in total. The van der Waals surface area contributed by atoms with E-state index in [2.05, 4.69) is 48.7 Å². The van der Waals surface area contributed by atoms with E-state index < -0.39 is 4.87 Å². The molecule has 0 aliphatic carbocycles. The lowest BCUT2D eigenvalue weighted by Gasteiger charge is -2.33. The standard InChI is InChI=1S/C26H27Cl3N6OS2/c1-6-26(38-25(36)30-4,13-16-9-7-14(2)8-10-16)33-22-20-23(32-15(3)31-22)35(34-24(20)37-5)21-18(28)11-17(27)12-19(21)29/h7-12H,6,13H2,1-5H3,(H,30,36)(H,31,32,33). The van der Waals surface area contributed by atoms with Gasteiger partial charge in [-0.05, 0) is 56.0 Å². The molecule has 0 saturated heterocycles. The van der Waals surface area contributed by atoms with Crippen LogP contribution in [0, 0.1) is 13.8 Å². The van der Waals surface area contributed by atoms with Crippen molar-refractivity contribution >= 4 is 80.4 Å². The average molecular weight is 610 g/mol. The molecule has 7 nitrogen and oxygen atoms in total. The summed E-state index contributed by atoms with van der Waals surface area (Å²) >= 11 is 21.9. The highest BCUT2D eigenvalue weighted by atomic mass is 35.5. The normalized spacial score (nSPS) is 12.9. The molecule has 1 unspecified atom stereocenters. The van der Waals surface area contributed by atoms with E-state index in [0.29, 0.717) is 61.3 Å². The molecule has 2 aromatic heterocycles. The van der Waals surface area contributed by atoms with Crippen LogP contribution in [0.1, 0.15) is 30.3 Å². The fourth-order valence-electron chi connectivity index (χ4n) is 4.09. The third kappa shape index (κ3) is 6.02. The van der Waals surface area contributed by atoms with Crippen molar-refractivity contribution in [3.63, 3.8) is 0 Å². The maximum absolute atomic E-state index is 12.7. The molecule has 1 atom stereocenters. The molecule has 0 fully saturated rings. The molecular weight excluding hydrogens is 583 g/mol. The van der Waals surface area contributed by atoms with Crippen molar-refractivity contribution < 1.29 is 4.79 Å². The monoisotopic (exact) mass is 608 g/mol. The predicted molar refractivity (Wildman–Crippen MR) is 162 cm³/mol. The summed E-state index contributed by atoms with van der Waals surface area (Å²) < 4.78 is 1.63. The number of aryl methyl sites for hydroxylation is 2. The minimum absolute atomic E-state index is 0.144. The van der Waals surface area contributed by atoms with Crippen molar-refractivity contribution in [3.05, 3.63) is 68.4 Å². The van der Waals surface area contributed by atoms with Crippen LogP contribution in [0.2, 0.25) is 15.1 Å². The molecule has 1 amide bonds. The number of nitrogens with one attached hydrogen (secondary N) is 2. The molecule has 0 radical (unpaired) electrons. The number of carbonyl (C=O) groups excluding carboxylic acids is 1. The zero-order chi connectivity index (χ0) is 27.6. The lowest BCUT2D eigenvalue weighted by molar-refractivity contribution is 0.262. The fourth-order valence-corrected chi connectivity index (χ4v) is 6.61. The number of aromatic nitrogens is 4. The molecular formula is C26H27Cl3N6OS2. The largest absolute Gasteiger partial charge is 0.354 e. The Hall–Kier alpha value is -2.17.